The lowest BCUT2D eigenvalue weighted by Gasteiger charge is -2.35. The number of azide groups is 1. The standard InChI is InChI=1S/C10H19N5O/c1-10(9(11)16,7-8-3-2-4-8)13-5-6-14-15-12/h8,13H,2-7H2,1H3,(H2,11,16). The fourth-order valence-corrected chi connectivity index (χ4v) is 1.96. The molecule has 0 saturated heterocycles. The summed E-state index contributed by atoms with van der Waals surface area (Å²) in [7, 11) is 0. The predicted molar refractivity (Wildman–Crippen MR) is 61.6 cm³/mol. The van der Waals surface area contributed by atoms with Crippen LogP contribution in [0.5, 0.6) is 0 Å². The van der Waals surface area contributed by atoms with Crippen molar-refractivity contribution in [3.05, 3.63) is 10.4 Å². The highest BCUT2D eigenvalue weighted by Crippen LogP contribution is 2.33. The summed E-state index contributed by atoms with van der Waals surface area (Å²) >= 11 is 0. The van der Waals surface area contributed by atoms with E-state index in [1.165, 1.54) is 19.3 Å². The summed E-state index contributed by atoms with van der Waals surface area (Å²) in [5.74, 6) is 0.268. The third-order valence-corrected chi connectivity index (χ3v) is 3.26. The molecule has 1 amide bonds. The largest absolute Gasteiger partial charge is 0.368 e. The van der Waals surface area contributed by atoms with Gasteiger partial charge in [0.05, 0.1) is 5.54 Å². The smallest absolute Gasteiger partial charge is 0.237 e. The van der Waals surface area contributed by atoms with E-state index in [1.807, 2.05) is 6.92 Å². The van der Waals surface area contributed by atoms with E-state index in [0.29, 0.717) is 19.0 Å². The van der Waals surface area contributed by atoms with Crippen LogP contribution < -0.4 is 11.1 Å². The number of nitrogens with two attached hydrogens (primary N) is 1. The van der Waals surface area contributed by atoms with Gasteiger partial charge >= 0.3 is 0 Å². The maximum atomic E-state index is 11.4. The topological polar surface area (TPSA) is 104 Å². The van der Waals surface area contributed by atoms with Crippen LogP contribution in [0.25, 0.3) is 10.4 Å². The van der Waals surface area contributed by atoms with Crippen LogP contribution in [-0.2, 0) is 4.79 Å². The zero-order chi connectivity index (χ0) is 12.0. The van der Waals surface area contributed by atoms with Gasteiger partial charge in [0.1, 0.15) is 0 Å². The highest BCUT2D eigenvalue weighted by Gasteiger charge is 2.35. The Morgan fingerprint density at radius 2 is 2.38 bits per heavy atom. The monoisotopic (exact) mass is 225 g/mol. The fourth-order valence-electron chi connectivity index (χ4n) is 1.96. The van der Waals surface area contributed by atoms with Crippen molar-refractivity contribution in [2.24, 2.45) is 16.8 Å². The Balaban J connectivity index is 2.43. The molecule has 1 atom stereocenters. The maximum Gasteiger partial charge on any atom is 0.237 e. The normalized spacial score (nSPS) is 19.3. The molecule has 6 heteroatoms. The van der Waals surface area contributed by atoms with E-state index in [1.54, 1.807) is 0 Å². The molecule has 0 aromatic rings. The lowest BCUT2D eigenvalue weighted by atomic mass is 9.76. The molecule has 0 aliphatic heterocycles. The third-order valence-electron chi connectivity index (χ3n) is 3.26. The van der Waals surface area contributed by atoms with Crippen molar-refractivity contribution in [3.8, 4) is 0 Å². The molecule has 1 aliphatic carbocycles. The fraction of sp³-hybridized carbons (Fsp3) is 0.900. The van der Waals surface area contributed by atoms with E-state index in [0.717, 1.165) is 6.42 Å². The van der Waals surface area contributed by atoms with Crippen LogP contribution in [0.4, 0.5) is 0 Å². The average Bonchev–Trinajstić information content (AvgIpc) is 2.18. The summed E-state index contributed by atoms with van der Waals surface area (Å²) in [6, 6.07) is 0. The predicted octanol–water partition coefficient (Wildman–Crippen LogP) is 1.32. The second-order valence-corrected chi connectivity index (χ2v) is 4.58. The van der Waals surface area contributed by atoms with Gasteiger partial charge < -0.3 is 11.1 Å². The van der Waals surface area contributed by atoms with Crippen molar-refractivity contribution in [3.63, 3.8) is 0 Å². The number of carbonyl (C=O) groups is 1. The summed E-state index contributed by atoms with van der Waals surface area (Å²) in [4.78, 5) is 14.1. The molecule has 0 spiro atoms. The highest BCUT2D eigenvalue weighted by atomic mass is 16.1. The molecule has 6 nitrogen and oxygen atoms in total. The number of nitrogens with one attached hydrogen (secondary N) is 1. The Kier molecular flexibility index (Phi) is 4.58. The maximum absolute atomic E-state index is 11.4. The number of hydrogen-bond donors (Lipinski definition) is 2. The van der Waals surface area contributed by atoms with Gasteiger partial charge in [0.2, 0.25) is 5.91 Å². The van der Waals surface area contributed by atoms with Crippen LogP contribution in [-0.4, -0.2) is 24.5 Å². The van der Waals surface area contributed by atoms with Gasteiger partial charge in [-0.1, -0.05) is 24.4 Å². The first-order valence-corrected chi connectivity index (χ1v) is 5.64. The number of carbonyl (C=O) groups excluding carboxylic acids is 1. The number of rotatable bonds is 7. The Morgan fingerprint density at radius 3 is 2.81 bits per heavy atom. The molecule has 16 heavy (non-hydrogen) atoms. The lowest BCUT2D eigenvalue weighted by Crippen LogP contribution is -2.55. The van der Waals surface area contributed by atoms with Crippen molar-refractivity contribution in [1.82, 2.24) is 5.32 Å². The summed E-state index contributed by atoms with van der Waals surface area (Å²) in [6.45, 7) is 2.64. The quantitative estimate of drug-likeness (QED) is 0.295. The molecular weight excluding hydrogens is 206 g/mol. The molecule has 0 heterocycles. The van der Waals surface area contributed by atoms with E-state index in [4.69, 9.17) is 11.3 Å². The van der Waals surface area contributed by atoms with Crippen molar-refractivity contribution in [2.75, 3.05) is 13.1 Å². The first-order chi connectivity index (χ1) is 7.58. The minimum Gasteiger partial charge on any atom is -0.368 e. The Morgan fingerprint density at radius 1 is 1.69 bits per heavy atom. The summed E-state index contributed by atoms with van der Waals surface area (Å²) < 4.78 is 0. The number of primary amides is 1. The van der Waals surface area contributed by atoms with Gasteiger partial charge in [0.25, 0.3) is 0 Å². The molecule has 0 radical (unpaired) electrons. The molecule has 1 fully saturated rings. The Bertz CT molecular complexity index is 296. The highest BCUT2D eigenvalue weighted by molar-refractivity contribution is 5.84. The van der Waals surface area contributed by atoms with Crippen LogP contribution in [0.15, 0.2) is 5.11 Å². The first-order valence-electron chi connectivity index (χ1n) is 5.64. The molecule has 1 unspecified atom stereocenters. The molecule has 3 N–H and O–H groups in total. The van der Waals surface area contributed by atoms with Gasteiger partial charge in [0, 0.05) is 18.0 Å². The van der Waals surface area contributed by atoms with Crippen molar-refractivity contribution in [2.45, 2.75) is 38.1 Å². The van der Waals surface area contributed by atoms with Crippen LogP contribution in [0, 0.1) is 5.92 Å². The zero-order valence-corrected chi connectivity index (χ0v) is 9.65. The molecular formula is C10H19N5O. The third kappa shape index (κ3) is 3.40. The van der Waals surface area contributed by atoms with E-state index < -0.39 is 5.54 Å². The van der Waals surface area contributed by atoms with E-state index in [-0.39, 0.29) is 5.91 Å². The van der Waals surface area contributed by atoms with Gasteiger partial charge in [-0.2, -0.15) is 0 Å². The van der Waals surface area contributed by atoms with Crippen molar-refractivity contribution < 1.29 is 4.79 Å². The minimum atomic E-state index is -0.671. The molecule has 1 aliphatic rings. The average molecular weight is 225 g/mol. The first kappa shape index (κ1) is 12.8. The van der Waals surface area contributed by atoms with Crippen molar-refractivity contribution in [1.29, 1.82) is 0 Å². The second-order valence-electron chi connectivity index (χ2n) is 4.58. The van der Waals surface area contributed by atoms with Gasteiger partial charge in [-0.25, -0.2) is 0 Å². The Hall–Kier alpha value is -1.26. The number of hydrogen-bond acceptors (Lipinski definition) is 3. The van der Waals surface area contributed by atoms with Gasteiger partial charge in [0.15, 0.2) is 0 Å². The Labute approximate surface area is 95.2 Å². The zero-order valence-electron chi connectivity index (χ0n) is 9.65. The second kappa shape index (κ2) is 5.72. The molecule has 0 aromatic heterocycles. The van der Waals surface area contributed by atoms with Gasteiger partial charge in [-0.15, -0.1) is 0 Å². The van der Waals surface area contributed by atoms with Crippen LogP contribution >= 0.6 is 0 Å². The van der Waals surface area contributed by atoms with E-state index >= 15 is 0 Å². The van der Waals surface area contributed by atoms with Crippen LogP contribution in [0.2, 0.25) is 0 Å². The van der Waals surface area contributed by atoms with Crippen LogP contribution in [0.1, 0.15) is 32.6 Å². The molecule has 0 bridgehead atoms. The molecule has 0 aromatic carbocycles. The van der Waals surface area contributed by atoms with E-state index in [2.05, 4.69) is 15.3 Å². The summed E-state index contributed by atoms with van der Waals surface area (Å²) in [5, 5.41) is 6.50. The van der Waals surface area contributed by atoms with Gasteiger partial charge in [-0.05, 0) is 24.8 Å². The number of amides is 1. The molecule has 90 valence electrons. The van der Waals surface area contributed by atoms with Crippen LogP contribution in [0.3, 0.4) is 0 Å². The van der Waals surface area contributed by atoms with Gasteiger partial charge in [-0.3, -0.25) is 4.79 Å². The summed E-state index contributed by atoms with van der Waals surface area (Å²) in [5.41, 5.74) is 12.9. The SMILES string of the molecule is CC(CC1CCC1)(NCCN=[N+]=[N-])C(N)=O. The number of nitrogens with zero attached hydrogens (tertiary/aromatic N) is 3. The lowest BCUT2D eigenvalue weighted by molar-refractivity contribution is -0.124. The minimum absolute atomic E-state index is 0.333. The summed E-state index contributed by atoms with van der Waals surface area (Å²) in [6.07, 6.45) is 4.39. The van der Waals surface area contributed by atoms with Crippen molar-refractivity contribution >= 4 is 5.91 Å². The van der Waals surface area contributed by atoms with E-state index in [9.17, 15) is 4.79 Å². The molecule has 1 saturated carbocycles. The molecule has 1 rings (SSSR count).